The molecule has 12 nitrogen and oxygen atoms in total. The van der Waals surface area contributed by atoms with E-state index in [-0.39, 0.29) is 17.9 Å². The number of nitrogens with two attached hydrogens (primary N) is 1. The SMILES string of the molecule is CC(C)(C)OC(=O)N1CCN(C(=O)C2CCc3cc(-n4c(-c5cccnc5N)nc5ccc(-n6cccn6)nc54)ccc32)CC1. The van der Waals surface area contributed by atoms with Crippen LogP contribution >= 0.6 is 0 Å². The molecular weight excluding hydrogens is 570 g/mol. The summed E-state index contributed by atoms with van der Waals surface area (Å²) in [4.78, 5) is 44.0. The summed E-state index contributed by atoms with van der Waals surface area (Å²) in [5.41, 5.74) is 10.9. The smallest absolute Gasteiger partial charge is 0.410 e. The molecule has 0 bridgehead atoms. The highest BCUT2D eigenvalue weighted by Crippen LogP contribution is 2.38. The molecule has 0 radical (unpaired) electrons. The number of nitrogen functional groups attached to an aromatic ring is 1. The van der Waals surface area contributed by atoms with E-state index < -0.39 is 5.60 Å². The maximum absolute atomic E-state index is 13.7. The number of nitrogens with zero attached hydrogens (tertiary/aromatic N) is 8. The van der Waals surface area contributed by atoms with Crippen molar-refractivity contribution in [2.45, 2.75) is 45.1 Å². The van der Waals surface area contributed by atoms with Crippen molar-refractivity contribution in [2.24, 2.45) is 0 Å². The third-order valence-corrected chi connectivity index (χ3v) is 8.31. The molecule has 1 aliphatic heterocycles. The summed E-state index contributed by atoms with van der Waals surface area (Å²) in [6, 6.07) is 15.6. The lowest BCUT2D eigenvalue weighted by molar-refractivity contribution is -0.134. The number of aryl methyl sites for hydroxylation is 1. The van der Waals surface area contributed by atoms with E-state index in [1.165, 1.54) is 0 Å². The zero-order valence-corrected chi connectivity index (χ0v) is 25.6. The van der Waals surface area contributed by atoms with Gasteiger partial charge < -0.3 is 20.3 Å². The number of imidazole rings is 1. The van der Waals surface area contributed by atoms with Crippen molar-refractivity contribution in [1.82, 2.24) is 39.1 Å². The summed E-state index contributed by atoms with van der Waals surface area (Å²) in [6.45, 7) is 7.46. The molecule has 1 aromatic carbocycles. The number of carbonyl (C=O) groups is 2. The van der Waals surface area contributed by atoms with E-state index in [9.17, 15) is 9.59 Å². The van der Waals surface area contributed by atoms with Crippen molar-refractivity contribution in [3.63, 3.8) is 0 Å². The van der Waals surface area contributed by atoms with Crippen LogP contribution in [-0.4, -0.2) is 82.9 Å². The minimum atomic E-state index is -0.553. The molecule has 7 rings (SSSR count). The standard InChI is InChI=1S/C33H35N9O3/c1-33(2,3)45-32(44)40-18-16-39(17-19-40)31(43)24-9-7-21-20-22(8-10-23(21)24)42-29(25-6-4-13-35-28(25)34)37-26-11-12-27(38-30(26)42)41-15-5-14-36-41/h4-6,8,10-15,20,24H,7,9,16-19H2,1-3H3,(H2,34,35). The van der Waals surface area contributed by atoms with Crippen molar-refractivity contribution in [2.75, 3.05) is 31.9 Å². The lowest BCUT2D eigenvalue weighted by Gasteiger charge is -2.36. The number of ether oxygens (including phenoxy) is 1. The average Bonchev–Trinajstić information content (AvgIpc) is 3.78. The summed E-state index contributed by atoms with van der Waals surface area (Å²) < 4.78 is 9.22. The first-order chi connectivity index (χ1) is 21.7. The van der Waals surface area contributed by atoms with E-state index in [0.29, 0.717) is 60.4 Å². The second-order valence-corrected chi connectivity index (χ2v) is 12.4. The van der Waals surface area contributed by atoms with Crippen LogP contribution in [0.5, 0.6) is 0 Å². The zero-order chi connectivity index (χ0) is 31.3. The number of pyridine rings is 2. The second kappa shape index (κ2) is 11.0. The average molecular weight is 606 g/mol. The Morgan fingerprint density at radius 3 is 2.49 bits per heavy atom. The molecule has 1 saturated heterocycles. The molecular formula is C33H35N9O3. The number of rotatable bonds is 4. The van der Waals surface area contributed by atoms with Crippen LogP contribution in [0.3, 0.4) is 0 Å². The Kier molecular flexibility index (Phi) is 6.99. The van der Waals surface area contributed by atoms with Crippen molar-refractivity contribution in [3.05, 3.63) is 78.2 Å². The highest BCUT2D eigenvalue weighted by Gasteiger charge is 2.35. The fraction of sp³-hybridized carbons (Fsp3) is 0.333. The van der Waals surface area contributed by atoms with Crippen LogP contribution < -0.4 is 5.73 Å². The van der Waals surface area contributed by atoms with Crippen molar-refractivity contribution < 1.29 is 14.3 Å². The molecule has 5 heterocycles. The van der Waals surface area contributed by atoms with Gasteiger partial charge in [0.25, 0.3) is 0 Å². The summed E-state index contributed by atoms with van der Waals surface area (Å²) >= 11 is 0. The van der Waals surface area contributed by atoms with Crippen LogP contribution in [-0.2, 0) is 16.0 Å². The first-order valence-corrected chi connectivity index (χ1v) is 15.2. The lowest BCUT2D eigenvalue weighted by Crippen LogP contribution is -2.52. The Balaban J connectivity index is 1.19. The van der Waals surface area contributed by atoms with E-state index in [1.54, 1.807) is 22.0 Å². The molecule has 1 aliphatic carbocycles. The molecule has 45 heavy (non-hydrogen) atoms. The number of amides is 2. The molecule has 1 atom stereocenters. The van der Waals surface area contributed by atoms with Gasteiger partial charge in [-0.25, -0.2) is 24.4 Å². The normalized spacial score (nSPS) is 16.6. The number of fused-ring (bicyclic) bond motifs is 2. The highest BCUT2D eigenvalue weighted by atomic mass is 16.6. The summed E-state index contributed by atoms with van der Waals surface area (Å²) in [5, 5.41) is 4.35. The Morgan fingerprint density at radius 1 is 0.956 bits per heavy atom. The topological polar surface area (TPSA) is 137 Å². The van der Waals surface area contributed by atoms with Crippen molar-refractivity contribution >= 4 is 29.0 Å². The van der Waals surface area contributed by atoms with Crippen LogP contribution in [0.15, 0.2) is 67.1 Å². The Labute approximate surface area is 260 Å². The largest absolute Gasteiger partial charge is 0.444 e. The Bertz CT molecular complexity index is 1900. The van der Waals surface area contributed by atoms with Gasteiger partial charge in [-0.15, -0.1) is 0 Å². The summed E-state index contributed by atoms with van der Waals surface area (Å²) in [6.07, 6.45) is 6.39. The number of hydrogen-bond acceptors (Lipinski definition) is 8. The van der Waals surface area contributed by atoms with Crippen LogP contribution in [0.4, 0.5) is 10.6 Å². The van der Waals surface area contributed by atoms with Crippen LogP contribution in [0.25, 0.3) is 34.1 Å². The van der Waals surface area contributed by atoms with E-state index in [1.807, 2.05) is 72.8 Å². The highest BCUT2D eigenvalue weighted by molar-refractivity contribution is 5.86. The van der Waals surface area contributed by atoms with Gasteiger partial charge in [-0.05, 0) is 87.2 Å². The van der Waals surface area contributed by atoms with Gasteiger partial charge in [-0.1, -0.05) is 6.07 Å². The number of benzene rings is 1. The van der Waals surface area contributed by atoms with Gasteiger partial charge in [0.1, 0.15) is 16.9 Å². The molecule has 12 heteroatoms. The molecule has 0 spiro atoms. The molecule has 1 unspecified atom stereocenters. The number of aromatic nitrogens is 6. The van der Waals surface area contributed by atoms with Crippen LogP contribution in [0.1, 0.15) is 44.2 Å². The van der Waals surface area contributed by atoms with Crippen LogP contribution in [0, 0.1) is 0 Å². The van der Waals surface area contributed by atoms with E-state index in [4.69, 9.17) is 20.4 Å². The molecule has 0 saturated carbocycles. The second-order valence-electron chi connectivity index (χ2n) is 12.4. The predicted octanol–water partition coefficient (Wildman–Crippen LogP) is 4.36. The van der Waals surface area contributed by atoms with Crippen molar-refractivity contribution in [3.8, 4) is 22.9 Å². The zero-order valence-electron chi connectivity index (χ0n) is 25.6. The summed E-state index contributed by atoms with van der Waals surface area (Å²) in [5.74, 6) is 1.56. The first kappa shape index (κ1) is 28.5. The van der Waals surface area contributed by atoms with Gasteiger partial charge in [0.2, 0.25) is 5.91 Å². The lowest BCUT2D eigenvalue weighted by atomic mass is 9.99. The molecule has 2 aliphatic rings. The quantitative estimate of drug-likeness (QED) is 0.319. The summed E-state index contributed by atoms with van der Waals surface area (Å²) in [7, 11) is 0. The van der Waals surface area contributed by atoms with E-state index >= 15 is 0 Å². The third-order valence-electron chi connectivity index (χ3n) is 8.31. The maximum Gasteiger partial charge on any atom is 0.410 e. The number of anilines is 1. The molecule has 5 aromatic rings. The molecule has 230 valence electrons. The van der Waals surface area contributed by atoms with E-state index in [0.717, 1.165) is 29.7 Å². The molecule has 2 amide bonds. The predicted molar refractivity (Wildman–Crippen MR) is 169 cm³/mol. The van der Waals surface area contributed by atoms with Gasteiger partial charge in [0.05, 0.1) is 11.5 Å². The third kappa shape index (κ3) is 5.36. The van der Waals surface area contributed by atoms with Crippen LogP contribution in [0.2, 0.25) is 0 Å². The molecule has 4 aromatic heterocycles. The van der Waals surface area contributed by atoms with Crippen molar-refractivity contribution in [1.29, 1.82) is 0 Å². The van der Waals surface area contributed by atoms with Gasteiger partial charge >= 0.3 is 6.09 Å². The van der Waals surface area contributed by atoms with Gasteiger partial charge in [-0.3, -0.25) is 9.36 Å². The number of carbonyl (C=O) groups excluding carboxylic acids is 2. The molecule has 2 N–H and O–H groups in total. The maximum atomic E-state index is 13.7. The molecule has 1 fully saturated rings. The fourth-order valence-electron chi connectivity index (χ4n) is 6.17. The number of hydrogen-bond donors (Lipinski definition) is 1. The van der Waals surface area contributed by atoms with E-state index in [2.05, 4.69) is 22.2 Å². The van der Waals surface area contributed by atoms with Gasteiger partial charge in [-0.2, -0.15) is 5.10 Å². The minimum absolute atomic E-state index is 0.104. The first-order valence-electron chi connectivity index (χ1n) is 15.2. The Hall–Kier alpha value is -5.26. The Morgan fingerprint density at radius 2 is 1.76 bits per heavy atom. The number of piperazine rings is 1. The monoisotopic (exact) mass is 605 g/mol. The van der Waals surface area contributed by atoms with Gasteiger partial charge in [0, 0.05) is 50.5 Å². The minimum Gasteiger partial charge on any atom is -0.444 e. The fourth-order valence-corrected chi connectivity index (χ4v) is 6.17. The van der Waals surface area contributed by atoms with Gasteiger partial charge in [0.15, 0.2) is 17.3 Å².